The maximum Gasteiger partial charge on any atom is 0.299 e. The molecule has 0 amide bonds. The smallest absolute Gasteiger partial charge is 0.258 e. The number of nitro groups is 1. The summed E-state index contributed by atoms with van der Waals surface area (Å²) in [5.41, 5.74) is -0.0213. The van der Waals surface area contributed by atoms with Gasteiger partial charge in [0, 0.05) is 4.47 Å². The molecule has 0 unspecified atom stereocenters. The van der Waals surface area contributed by atoms with Crippen LogP contribution in [0.15, 0.2) is 22.4 Å². The fraction of sp³-hybridized carbons (Fsp3) is 0. The Kier molecular flexibility index (Phi) is 4.58. The summed E-state index contributed by atoms with van der Waals surface area (Å²) in [7, 11) is 0. The van der Waals surface area contributed by atoms with E-state index in [-0.39, 0.29) is 5.69 Å². The van der Waals surface area contributed by atoms with Crippen LogP contribution in [0.4, 0.5) is 5.69 Å². The van der Waals surface area contributed by atoms with Crippen molar-refractivity contribution in [3.63, 3.8) is 0 Å². The van der Waals surface area contributed by atoms with Crippen LogP contribution in [0.25, 0.3) is 0 Å². The van der Waals surface area contributed by atoms with Gasteiger partial charge in [0.25, 0.3) is 5.69 Å². The quantitative estimate of drug-likeness (QED) is 0.217. The molecule has 0 heterocycles. The lowest BCUT2D eigenvalue weighted by atomic mass is 10.3. The Labute approximate surface area is 121 Å². The summed E-state index contributed by atoms with van der Waals surface area (Å²) >= 11 is 16.1. The molecule has 0 spiro atoms. The molecular formula is C6Br5NO2. The van der Waals surface area contributed by atoms with Crippen LogP contribution in [-0.2, 0) is 0 Å². The van der Waals surface area contributed by atoms with Crippen molar-refractivity contribution in [2.45, 2.75) is 0 Å². The molecule has 0 fully saturated rings. The predicted octanol–water partition coefficient (Wildman–Crippen LogP) is 5.41. The normalized spacial score (nSPS) is 10.4. The maximum absolute atomic E-state index is 10.7. The van der Waals surface area contributed by atoms with Crippen LogP contribution in [0.3, 0.4) is 0 Å². The number of hydrogen-bond acceptors (Lipinski definition) is 2. The zero-order valence-corrected chi connectivity index (χ0v) is 14.1. The highest BCUT2D eigenvalue weighted by Gasteiger charge is 2.25. The minimum absolute atomic E-state index is 0.0213. The van der Waals surface area contributed by atoms with Gasteiger partial charge in [-0.2, -0.15) is 0 Å². The monoisotopic (exact) mass is 513 g/mol. The van der Waals surface area contributed by atoms with E-state index in [0.29, 0.717) is 22.4 Å². The summed E-state index contributed by atoms with van der Waals surface area (Å²) in [6.45, 7) is 0. The van der Waals surface area contributed by atoms with Gasteiger partial charge in [-0.05, 0) is 79.6 Å². The lowest BCUT2D eigenvalue weighted by molar-refractivity contribution is -0.386. The summed E-state index contributed by atoms with van der Waals surface area (Å²) in [5, 5.41) is 10.7. The summed E-state index contributed by atoms with van der Waals surface area (Å²) in [5.74, 6) is 0. The van der Waals surface area contributed by atoms with E-state index in [1.54, 1.807) is 0 Å². The molecule has 76 valence electrons. The molecule has 0 aromatic heterocycles. The molecule has 0 saturated heterocycles. The van der Waals surface area contributed by atoms with Gasteiger partial charge in [-0.1, -0.05) is 0 Å². The van der Waals surface area contributed by atoms with Crippen molar-refractivity contribution in [1.82, 2.24) is 0 Å². The fourth-order valence-electron chi connectivity index (χ4n) is 0.754. The van der Waals surface area contributed by atoms with E-state index in [4.69, 9.17) is 0 Å². The van der Waals surface area contributed by atoms with E-state index in [2.05, 4.69) is 79.6 Å². The standard InChI is InChI=1S/C6Br5NO2/c7-1-2(8)4(10)6(12(13)14)5(11)3(1)9. The van der Waals surface area contributed by atoms with Gasteiger partial charge in [0.15, 0.2) is 0 Å². The third kappa shape index (κ3) is 2.23. The molecule has 0 radical (unpaired) electrons. The second-order valence-corrected chi connectivity index (χ2v) is 6.14. The highest BCUT2D eigenvalue weighted by atomic mass is 79.9. The first-order valence-electron chi connectivity index (χ1n) is 3.03. The Morgan fingerprint density at radius 2 is 1.07 bits per heavy atom. The largest absolute Gasteiger partial charge is 0.299 e. The van der Waals surface area contributed by atoms with E-state index in [1.807, 2.05) is 0 Å². The van der Waals surface area contributed by atoms with Crippen molar-refractivity contribution in [2.75, 3.05) is 0 Å². The molecule has 0 aliphatic rings. The van der Waals surface area contributed by atoms with Crippen LogP contribution in [0.5, 0.6) is 0 Å². The van der Waals surface area contributed by atoms with Crippen LogP contribution in [0.1, 0.15) is 0 Å². The van der Waals surface area contributed by atoms with E-state index in [0.717, 1.165) is 0 Å². The first kappa shape index (κ1) is 13.1. The Balaban J connectivity index is 3.68. The number of halogens is 5. The van der Waals surface area contributed by atoms with Crippen LogP contribution in [0, 0.1) is 10.1 Å². The first-order valence-corrected chi connectivity index (χ1v) is 7.00. The van der Waals surface area contributed by atoms with Gasteiger partial charge >= 0.3 is 0 Å². The summed E-state index contributed by atoms with van der Waals surface area (Å²) in [6.07, 6.45) is 0. The highest BCUT2D eigenvalue weighted by Crippen LogP contribution is 2.47. The first-order chi connectivity index (χ1) is 6.37. The summed E-state index contributed by atoms with van der Waals surface area (Å²) in [6, 6.07) is 0. The molecule has 0 aliphatic carbocycles. The summed E-state index contributed by atoms with van der Waals surface area (Å²) < 4.78 is 2.69. The van der Waals surface area contributed by atoms with Gasteiger partial charge in [0.1, 0.15) is 8.95 Å². The van der Waals surface area contributed by atoms with E-state index in [1.165, 1.54) is 0 Å². The number of benzene rings is 1. The van der Waals surface area contributed by atoms with Crippen LogP contribution >= 0.6 is 79.6 Å². The van der Waals surface area contributed by atoms with Crippen molar-refractivity contribution in [1.29, 1.82) is 0 Å². The number of nitro benzene ring substituents is 1. The minimum atomic E-state index is -0.462. The molecule has 0 atom stereocenters. The second kappa shape index (κ2) is 4.90. The van der Waals surface area contributed by atoms with Gasteiger partial charge in [0.05, 0.1) is 13.9 Å². The van der Waals surface area contributed by atoms with Crippen molar-refractivity contribution < 1.29 is 4.92 Å². The van der Waals surface area contributed by atoms with Crippen molar-refractivity contribution in [3.05, 3.63) is 32.5 Å². The fourth-order valence-corrected chi connectivity index (χ4v) is 4.07. The van der Waals surface area contributed by atoms with E-state index in [9.17, 15) is 10.1 Å². The van der Waals surface area contributed by atoms with Crippen molar-refractivity contribution in [2.24, 2.45) is 0 Å². The second-order valence-electron chi connectivity index (χ2n) is 2.18. The molecule has 3 nitrogen and oxygen atoms in total. The summed E-state index contributed by atoms with van der Waals surface area (Å²) in [4.78, 5) is 10.3. The molecule has 8 heteroatoms. The Hall–Kier alpha value is 1.02. The molecule has 1 aromatic rings. The van der Waals surface area contributed by atoms with Crippen LogP contribution < -0.4 is 0 Å². The average Bonchev–Trinajstić information content (AvgIpc) is 2.11. The molecule has 1 aromatic carbocycles. The topological polar surface area (TPSA) is 43.1 Å². The van der Waals surface area contributed by atoms with Crippen LogP contribution in [-0.4, -0.2) is 4.92 Å². The molecule has 0 N–H and O–H groups in total. The third-order valence-corrected chi connectivity index (χ3v) is 7.42. The van der Waals surface area contributed by atoms with Crippen molar-refractivity contribution in [3.8, 4) is 0 Å². The van der Waals surface area contributed by atoms with Crippen molar-refractivity contribution >= 4 is 85.3 Å². The zero-order valence-electron chi connectivity index (χ0n) is 6.15. The lowest BCUT2D eigenvalue weighted by Crippen LogP contribution is -1.93. The third-order valence-electron chi connectivity index (χ3n) is 1.37. The molecular weight excluding hydrogens is 518 g/mol. The van der Waals surface area contributed by atoms with Gasteiger partial charge in [0.2, 0.25) is 0 Å². The van der Waals surface area contributed by atoms with Gasteiger partial charge in [-0.25, -0.2) is 0 Å². The lowest BCUT2D eigenvalue weighted by Gasteiger charge is -2.06. The molecule has 0 aliphatic heterocycles. The van der Waals surface area contributed by atoms with E-state index < -0.39 is 4.92 Å². The zero-order chi connectivity index (χ0) is 11.0. The Bertz CT molecular complexity index is 390. The molecule has 14 heavy (non-hydrogen) atoms. The number of nitrogens with zero attached hydrogens (tertiary/aromatic N) is 1. The van der Waals surface area contributed by atoms with Gasteiger partial charge in [-0.3, -0.25) is 10.1 Å². The highest BCUT2D eigenvalue weighted by molar-refractivity contribution is 9.15. The maximum atomic E-state index is 10.7. The molecule has 0 saturated carbocycles. The predicted molar refractivity (Wildman–Crippen MR) is 71.6 cm³/mol. The number of hydrogen-bond donors (Lipinski definition) is 0. The number of rotatable bonds is 1. The molecule has 0 bridgehead atoms. The SMILES string of the molecule is O=[N+]([O-])c1c(Br)c(Br)c(Br)c(Br)c1Br. The van der Waals surface area contributed by atoms with Crippen LogP contribution in [0.2, 0.25) is 0 Å². The minimum Gasteiger partial charge on any atom is -0.258 e. The Morgan fingerprint density at radius 3 is 1.36 bits per heavy atom. The Morgan fingerprint density at radius 1 is 0.786 bits per heavy atom. The molecule has 1 rings (SSSR count). The van der Waals surface area contributed by atoms with E-state index >= 15 is 0 Å². The van der Waals surface area contributed by atoms with Gasteiger partial charge in [-0.15, -0.1) is 0 Å². The average molecular weight is 518 g/mol. The van der Waals surface area contributed by atoms with Gasteiger partial charge < -0.3 is 0 Å².